The minimum absolute atomic E-state index is 0.235. The van der Waals surface area contributed by atoms with Gasteiger partial charge in [0.15, 0.2) is 0 Å². The number of hydrogen-bond acceptors (Lipinski definition) is 5. The van der Waals surface area contributed by atoms with E-state index in [4.69, 9.17) is 4.74 Å². The van der Waals surface area contributed by atoms with Gasteiger partial charge in [-0.15, -0.1) is 0 Å². The van der Waals surface area contributed by atoms with Gasteiger partial charge < -0.3 is 14.6 Å². The zero-order valence-corrected chi connectivity index (χ0v) is 17.3. The molecule has 3 heterocycles. The van der Waals surface area contributed by atoms with Crippen LogP contribution in [0.1, 0.15) is 40.6 Å². The lowest BCUT2D eigenvalue weighted by Crippen LogP contribution is -2.16. The summed E-state index contributed by atoms with van der Waals surface area (Å²) in [4.78, 5) is 42.1. The number of fused-ring (bicyclic) bond motifs is 2. The average Bonchev–Trinajstić information content (AvgIpc) is 3.11. The molecular formula is C23H22N4O4. The zero-order valence-electron chi connectivity index (χ0n) is 17.3. The van der Waals surface area contributed by atoms with Crippen LogP contribution in [0, 0.1) is 0 Å². The van der Waals surface area contributed by atoms with E-state index in [1.165, 1.54) is 4.40 Å². The molecule has 0 fully saturated rings. The average molecular weight is 418 g/mol. The van der Waals surface area contributed by atoms with Crippen LogP contribution in [-0.4, -0.2) is 32.4 Å². The lowest BCUT2D eigenvalue weighted by atomic mass is 10.2. The molecule has 0 aliphatic rings. The van der Waals surface area contributed by atoms with Crippen LogP contribution in [-0.2, 0) is 11.8 Å². The summed E-state index contributed by atoms with van der Waals surface area (Å²) in [6, 6.07) is 13.3. The van der Waals surface area contributed by atoms with E-state index in [0.29, 0.717) is 40.2 Å². The van der Waals surface area contributed by atoms with Crippen molar-refractivity contribution in [2.45, 2.75) is 19.8 Å². The predicted molar refractivity (Wildman–Crippen MR) is 118 cm³/mol. The summed E-state index contributed by atoms with van der Waals surface area (Å²) in [5, 5.41) is 3.15. The second-order valence-electron chi connectivity index (χ2n) is 7.19. The first-order valence-corrected chi connectivity index (χ1v) is 10.0. The Labute approximate surface area is 178 Å². The third kappa shape index (κ3) is 3.92. The third-order valence-electron chi connectivity index (χ3n) is 5.05. The number of nitrogens with one attached hydrogen (secondary N) is 1. The highest BCUT2D eigenvalue weighted by molar-refractivity contribution is 6.06. The minimum Gasteiger partial charge on any atom is -0.462 e. The molecule has 3 aromatic heterocycles. The number of aryl methyl sites for hydroxylation is 1. The largest absolute Gasteiger partial charge is 0.462 e. The molecule has 158 valence electrons. The lowest BCUT2D eigenvalue weighted by molar-refractivity contribution is 0.0499. The fourth-order valence-corrected chi connectivity index (χ4v) is 3.32. The van der Waals surface area contributed by atoms with E-state index >= 15 is 0 Å². The standard InChI is InChI=1S/C23H22N4O4/c1-3-4-13-31-23(30)15-8-10-16(11-9-15)24-21(28)18-14-17-20(26(18)2)25-19-7-5-6-12-27(19)22(17)29/h5-12,14H,3-4,13H2,1-2H3,(H,24,28). The summed E-state index contributed by atoms with van der Waals surface area (Å²) in [5.74, 6) is -0.772. The van der Waals surface area contributed by atoms with Gasteiger partial charge in [0.2, 0.25) is 0 Å². The maximum Gasteiger partial charge on any atom is 0.338 e. The van der Waals surface area contributed by atoms with Gasteiger partial charge in [-0.1, -0.05) is 19.4 Å². The number of carbonyl (C=O) groups excluding carboxylic acids is 2. The normalized spacial score (nSPS) is 11.0. The van der Waals surface area contributed by atoms with E-state index in [0.717, 1.165) is 12.8 Å². The van der Waals surface area contributed by atoms with Crippen molar-refractivity contribution in [3.05, 3.63) is 76.3 Å². The quantitative estimate of drug-likeness (QED) is 0.383. The molecule has 0 aliphatic carbocycles. The van der Waals surface area contributed by atoms with E-state index < -0.39 is 5.97 Å². The van der Waals surface area contributed by atoms with Crippen LogP contribution in [0.3, 0.4) is 0 Å². The molecule has 8 heteroatoms. The summed E-state index contributed by atoms with van der Waals surface area (Å²) in [6.07, 6.45) is 3.41. The first-order valence-electron chi connectivity index (χ1n) is 10.0. The fraction of sp³-hybridized carbons (Fsp3) is 0.217. The van der Waals surface area contributed by atoms with Crippen molar-refractivity contribution in [3.63, 3.8) is 0 Å². The van der Waals surface area contributed by atoms with Crippen molar-refractivity contribution in [1.82, 2.24) is 14.0 Å². The van der Waals surface area contributed by atoms with Crippen molar-refractivity contribution in [1.29, 1.82) is 0 Å². The molecule has 0 saturated carbocycles. The molecule has 1 aromatic carbocycles. The monoisotopic (exact) mass is 418 g/mol. The van der Waals surface area contributed by atoms with Crippen LogP contribution in [0.5, 0.6) is 0 Å². The highest BCUT2D eigenvalue weighted by Gasteiger charge is 2.18. The fourth-order valence-electron chi connectivity index (χ4n) is 3.32. The molecule has 8 nitrogen and oxygen atoms in total. The first kappa shape index (κ1) is 20.3. The SMILES string of the molecule is CCCCOC(=O)c1ccc(NC(=O)c2cc3c(=O)n4ccccc4nc3n2C)cc1. The van der Waals surface area contributed by atoms with Gasteiger partial charge in [-0.05, 0) is 48.9 Å². The molecule has 0 atom stereocenters. The Balaban J connectivity index is 1.57. The molecule has 31 heavy (non-hydrogen) atoms. The number of unbranched alkanes of at least 4 members (excludes halogenated alkanes) is 1. The van der Waals surface area contributed by atoms with Crippen molar-refractivity contribution >= 4 is 34.2 Å². The number of rotatable bonds is 6. The number of esters is 1. The lowest BCUT2D eigenvalue weighted by Gasteiger charge is -2.08. The Kier molecular flexibility index (Phi) is 5.53. The van der Waals surface area contributed by atoms with E-state index in [2.05, 4.69) is 10.3 Å². The summed E-state index contributed by atoms with van der Waals surface area (Å²) in [6.45, 7) is 2.41. The Morgan fingerprint density at radius 1 is 1.13 bits per heavy atom. The Bertz CT molecular complexity index is 1340. The number of carbonyl (C=O) groups is 2. The summed E-state index contributed by atoms with van der Waals surface area (Å²) < 4.78 is 8.23. The van der Waals surface area contributed by atoms with Gasteiger partial charge in [-0.25, -0.2) is 9.78 Å². The van der Waals surface area contributed by atoms with Crippen molar-refractivity contribution in [2.24, 2.45) is 7.05 Å². The highest BCUT2D eigenvalue weighted by atomic mass is 16.5. The van der Waals surface area contributed by atoms with E-state index in [1.807, 2.05) is 6.92 Å². The number of nitrogens with zero attached hydrogens (tertiary/aromatic N) is 3. The zero-order chi connectivity index (χ0) is 22.0. The molecule has 1 N–H and O–H groups in total. The molecule has 1 amide bonds. The van der Waals surface area contributed by atoms with Gasteiger partial charge in [0, 0.05) is 18.9 Å². The second kappa shape index (κ2) is 8.43. The molecule has 0 bridgehead atoms. The smallest absolute Gasteiger partial charge is 0.338 e. The number of hydrogen-bond donors (Lipinski definition) is 1. The van der Waals surface area contributed by atoms with Crippen LogP contribution in [0.25, 0.3) is 16.7 Å². The number of aromatic nitrogens is 3. The Hall–Kier alpha value is -3.94. The molecule has 4 rings (SSSR count). The van der Waals surface area contributed by atoms with Crippen LogP contribution in [0.15, 0.2) is 59.5 Å². The van der Waals surface area contributed by atoms with E-state index in [-0.39, 0.29) is 11.5 Å². The minimum atomic E-state index is -0.390. The number of amides is 1. The Morgan fingerprint density at radius 2 is 1.90 bits per heavy atom. The maximum atomic E-state index is 12.8. The van der Waals surface area contributed by atoms with Crippen molar-refractivity contribution in [3.8, 4) is 0 Å². The molecule has 4 aromatic rings. The summed E-state index contributed by atoms with van der Waals surface area (Å²) >= 11 is 0. The van der Waals surface area contributed by atoms with E-state index in [1.54, 1.807) is 66.3 Å². The highest BCUT2D eigenvalue weighted by Crippen LogP contribution is 2.17. The van der Waals surface area contributed by atoms with Gasteiger partial charge in [0.05, 0.1) is 17.6 Å². The van der Waals surface area contributed by atoms with Gasteiger partial charge >= 0.3 is 5.97 Å². The molecule has 0 radical (unpaired) electrons. The number of anilines is 1. The molecule has 0 unspecified atom stereocenters. The number of ether oxygens (including phenoxy) is 1. The first-order chi connectivity index (χ1) is 15.0. The molecular weight excluding hydrogens is 396 g/mol. The van der Waals surface area contributed by atoms with Crippen molar-refractivity contribution in [2.75, 3.05) is 11.9 Å². The van der Waals surface area contributed by atoms with Gasteiger partial charge in [-0.3, -0.25) is 14.0 Å². The van der Waals surface area contributed by atoms with Crippen LogP contribution in [0.4, 0.5) is 5.69 Å². The van der Waals surface area contributed by atoms with E-state index in [9.17, 15) is 14.4 Å². The van der Waals surface area contributed by atoms with Gasteiger partial charge in [-0.2, -0.15) is 0 Å². The topological polar surface area (TPSA) is 94.7 Å². The van der Waals surface area contributed by atoms with Crippen LogP contribution >= 0.6 is 0 Å². The maximum absolute atomic E-state index is 12.8. The molecule has 0 aliphatic heterocycles. The van der Waals surface area contributed by atoms with Crippen molar-refractivity contribution < 1.29 is 14.3 Å². The number of pyridine rings is 1. The van der Waals surface area contributed by atoms with Gasteiger partial charge in [0.1, 0.15) is 17.0 Å². The number of benzene rings is 1. The van der Waals surface area contributed by atoms with Crippen LogP contribution in [0.2, 0.25) is 0 Å². The molecule has 0 spiro atoms. The summed E-state index contributed by atoms with van der Waals surface area (Å²) in [5.41, 5.74) is 1.96. The summed E-state index contributed by atoms with van der Waals surface area (Å²) in [7, 11) is 1.69. The third-order valence-corrected chi connectivity index (χ3v) is 5.05. The second-order valence-corrected chi connectivity index (χ2v) is 7.19. The molecule has 0 saturated heterocycles. The Morgan fingerprint density at radius 3 is 2.65 bits per heavy atom. The van der Waals surface area contributed by atoms with Crippen LogP contribution < -0.4 is 10.9 Å². The van der Waals surface area contributed by atoms with Gasteiger partial charge in [0.25, 0.3) is 11.5 Å². The predicted octanol–water partition coefficient (Wildman–Crippen LogP) is 3.40.